The first-order valence-electron chi connectivity index (χ1n) is 14.1. The monoisotopic (exact) mass is 570 g/mol. The van der Waals surface area contributed by atoms with Gasteiger partial charge in [0.1, 0.15) is 16.9 Å². The number of pyridine rings is 2. The van der Waals surface area contributed by atoms with Gasteiger partial charge in [-0.25, -0.2) is 4.98 Å². The van der Waals surface area contributed by atoms with Crippen LogP contribution in [0.5, 0.6) is 5.75 Å². The van der Waals surface area contributed by atoms with E-state index < -0.39 is 0 Å². The van der Waals surface area contributed by atoms with Crippen LogP contribution in [0.15, 0.2) is 132 Å². The number of aromatic hydroxyl groups is 1. The van der Waals surface area contributed by atoms with E-state index in [1.807, 2.05) is 72.9 Å². The third kappa shape index (κ3) is 3.62. The van der Waals surface area contributed by atoms with Gasteiger partial charge >= 0.3 is 0 Å². The smallest absolute Gasteiger partial charge is 0.149 e. The van der Waals surface area contributed by atoms with E-state index in [0.29, 0.717) is 16.8 Å². The minimum absolute atomic E-state index is 0.174. The zero-order chi connectivity index (χ0) is 28.5. The number of hydrogen-bond donors (Lipinski definition) is 1. The van der Waals surface area contributed by atoms with Gasteiger partial charge in [0.25, 0.3) is 0 Å². The number of fused-ring (bicyclic) bond motifs is 8. The Morgan fingerprint density at radius 2 is 1.33 bits per heavy atom. The Hall–Kier alpha value is -5.52. The average Bonchev–Trinajstić information content (AvgIpc) is 3.64. The van der Waals surface area contributed by atoms with E-state index in [1.54, 1.807) is 11.3 Å². The quantitative estimate of drug-likeness (QED) is 0.230. The molecular formula is C38H22N2O2S. The topological polar surface area (TPSA) is 59.2 Å². The number of nitrogens with zero attached hydrogens (tertiary/aromatic N) is 2. The van der Waals surface area contributed by atoms with E-state index >= 15 is 0 Å². The highest BCUT2D eigenvalue weighted by Gasteiger charge is 2.25. The van der Waals surface area contributed by atoms with Crippen molar-refractivity contribution < 1.29 is 9.52 Å². The van der Waals surface area contributed by atoms with E-state index in [0.717, 1.165) is 65.1 Å². The SMILES string of the molecule is Oc1c(-c2nc(-c3cccc(-c4ccccn4)c3)cc3c2sc2ccccc23)c2oc3ccccc3c2c2ccccc12. The zero-order valence-corrected chi connectivity index (χ0v) is 23.6. The average molecular weight is 571 g/mol. The summed E-state index contributed by atoms with van der Waals surface area (Å²) in [5, 5.41) is 18.0. The normalized spacial score (nSPS) is 11.8. The Bertz CT molecular complexity index is 2530. The highest BCUT2D eigenvalue weighted by atomic mass is 32.1. The largest absolute Gasteiger partial charge is 0.506 e. The molecule has 0 radical (unpaired) electrons. The second-order valence-electron chi connectivity index (χ2n) is 10.7. The molecule has 9 rings (SSSR count). The predicted molar refractivity (Wildman–Crippen MR) is 178 cm³/mol. The lowest BCUT2D eigenvalue weighted by Crippen LogP contribution is -1.92. The van der Waals surface area contributed by atoms with Crippen molar-refractivity contribution in [2.75, 3.05) is 0 Å². The van der Waals surface area contributed by atoms with Gasteiger partial charge in [-0.05, 0) is 41.8 Å². The number of aromatic nitrogens is 2. The molecule has 43 heavy (non-hydrogen) atoms. The fourth-order valence-corrected chi connectivity index (χ4v) is 7.45. The summed E-state index contributed by atoms with van der Waals surface area (Å²) < 4.78 is 8.75. The van der Waals surface area contributed by atoms with Crippen molar-refractivity contribution in [1.29, 1.82) is 0 Å². The molecule has 4 nitrogen and oxygen atoms in total. The molecule has 0 aliphatic carbocycles. The van der Waals surface area contributed by atoms with Crippen LogP contribution in [0.1, 0.15) is 0 Å². The number of hydrogen-bond acceptors (Lipinski definition) is 5. The highest BCUT2D eigenvalue weighted by molar-refractivity contribution is 7.26. The minimum atomic E-state index is 0.174. The van der Waals surface area contributed by atoms with E-state index in [4.69, 9.17) is 9.40 Å². The molecule has 0 saturated heterocycles. The number of furan rings is 1. The van der Waals surface area contributed by atoms with Crippen molar-refractivity contribution in [1.82, 2.24) is 9.97 Å². The Kier molecular flexibility index (Phi) is 5.18. The van der Waals surface area contributed by atoms with Crippen molar-refractivity contribution in [3.8, 4) is 39.5 Å². The minimum Gasteiger partial charge on any atom is -0.506 e. The number of benzene rings is 5. The summed E-state index contributed by atoms with van der Waals surface area (Å²) in [6.45, 7) is 0. The second kappa shape index (κ2) is 9.24. The summed E-state index contributed by atoms with van der Waals surface area (Å²) >= 11 is 1.69. The molecule has 0 saturated carbocycles. The van der Waals surface area contributed by atoms with Gasteiger partial charge in [0, 0.05) is 49.0 Å². The van der Waals surface area contributed by atoms with Gasteiger partial charge in [-0.2, -0.15) is 0 Å². The van der Waals surface area contributed by atoms with Crippen LogP contribution >= 0.6 is 11.3 Å². The summed E-state index contributed by atoms with van der Waals surface area (Å²) in [6, 6.07) is 40.9. The van der Waals surface area contributed by atoms with Crippen LogP contribution in [0.2, 0.25) is 0 Å². The Balaban J connectivity index is 1.42. The van der Waals surface area contributed by atoms with Crippen LogP contribution in [0, 0.1) is 0 Å². The standard InChI is InChI=1S/C38H22N2O2S/c41-36-26-14-2-1-13-25(26)33-27-15-3-5-17-31(27)42-37(33)34(36)35-38-28(24-12-4-6-18-32(24)43-38)21-30(40-35)23-11-9-10-22(20-23)29-16-7-8-19-39-29/h1-21,41H. The fourth-order valence-electron chi connectivity index (χ4n) is 6.27. The highest BCUT2D eigenvalue weighted by Crippen LogP contribution is 2.50. The number of para-hydroxylation sites is 1. The zero-order valence-electron chi connectivity index (χ0n) is 22.8. The van der Waals surface area contributed by atoms with Gasteiger partial charge in [0.2, 0.25) is 0 Å². The van der Waals surface area contributed by atoms with Crippen LogP contribution in [-0.2, 0) is 0 Å². The second-order valence-corrected chi connectivity index (χ2v) is 11.8. The summed E-state index contributed by atoms with van der Waals surface area (Å²) in [5.74, 6) is 0.174. The lowest BCUT2D eigenvalue weighted by Gasteiger charge is -2.13. The van der Waals surface area contributed by atoms with Gasteiger partial charge < -0.3 is 9.52 Å². The molecule has 9 aromatic rings. The summed E-state index contributed by atoms with van der Waals surface area (Å²) in [6.07, 6.45) is 1.81. The van der Waals surface area contributed by atoms with Crippen LogP contribution < -0.4 is 0 Å². The third-order valence-corrected chi connectivity index (χ3v) is 9.42. The van der Waals surface area contributed by atoms with E-state index in [9.17, 15) is 5.11 Å². The van der Waals surface area contributed by atoms with Crippen LogP contribution in [0.4, 0.5) is 0 Å². The lowest BCUT2D eigenvalue weighted by atomic mass is 9.96. The summed E-state index contributed by atoms with van der Waals surface area (Å²) in [4.78, 5) is 9.89. The molecule has 5 aromatic carbocycles. The van der Waals surface area contributed by atoms with Gasteiger partial charge in [-0.15, -0.1) is 11.3 Å². The Morgan fingerprint density at radius 3 is 2.16 bits per heavy atom. The van der Waals surface area contributed by atoms with Crippen LogP contribution in [-0.4, -0.2) is 15.1 Å². The van der Waals surface area contributed by atoms with Gasteiger partial charge in [0.05, 0.1) is 27.3 Å². The maximum atomic E-state index is 12.0. The Labute approximate surface area is 250 Å². The molecule has 0 spiro atoms. The van der Waals surface area contributed by atoms with E-state index in [1.165, 1.54) is 4.70 Å². The first kappa shape index (κ1) is 24.1. The molecule has 5 heteroatoms. The molecule has 0 aliphatic rings. The maximum Gasteiger partial charge on any atom is 0.149 e. The predicted octanol–water partition coefficient (Wildman–Crippen LogP) is 10.6. The van der Waals surface area contributed by atoms with Crippen molar-refractivity contribution >= 4 is 64.2 Å². The number of rotatable bonds is 3. The molecule has 0 unspecified atom stereocenters. The molecule has 1 N–H and O–H groups in total. The van der Waals surface area contributed by atoms with Gasteiger partial charge in [-0.3, -0.25) is 4.98 Å². The van der Waals surface area contributed by atoms with E-state index in [2.05, 4.69) is 59.6 Å². The molecule has 4 heterocycles. The van der Waals surface area contributed by atoms with Crippen LogP contribution in [0.3, 0.4) is 0 Å². The van der Waals surface area contributed by atoms with E-state index in [-0.39, 0.29) is 5.75 Å². The van der Waals surface area contributed by atoms with Crippen molar-refractivity contribution in [3.05, 3.63) is 128 Å². The number of thiophene rings is 1. The summed E-state index contributed by atoms with van der Waals surface area (Å²) in [7, 11) is 0. The molecule has 4 aromatic heterocycles. The van der Waals surface area contributed by atoms with Crippen molar-refractivity contribution in [3.63, 3.8) is 0 Å². The maximum absolute atomic E-state index is 12.0. The lowest BCUT2D eigenvalue weighted by molar-refractivity contribution is 0.483. The number of phenolic OH excluding ortho intramolecular Hbond substituents is 1. The fraction of sp³-hybridized carbons (Fsp3) is 0. The molecule has 0 aliphatic heterocycles. The van der Waals surface area contributed by atoms with Gasteiger partial charge in [-0.1, -0.05) is 84.9 Å². The molecule has 0 amide bonds. The first-order chi connectivity index (χ1) is 21.2. The molecular weight excluding hydrogens is 548 g/mol. The van der Waals surface area contributed by atoms with Crippen LogP contribution in [0.25, 0.3) is 86.7 Å². The molecule has 0 fully saturated rings. The molecule has 202 valence electrons. The first-order valence-corrected chi connectivity index (χ1v) is 15.0. The Morgan fingerprint density at radius 1 is 0.605 bits per heavy atom. The summed E-state index contributed by atoms with van der Waals surface area (Å²) in [5.41, 5.74) is 6.47. The molecule has 0 bridgehead atoms. The van der Waals surface area contributed by atoms with Crippen molar-refractivity contribution in [2.24, 2.45) is 0 Å². The van der Waals surface area contributed by atoms with Crippen molar-refractivity contribution in [2.45, 2.75) is 0 Å². The van der Waals surface area contributed by atoms with Gasteiger partial charge in [0.15, 0.2) is 0 Å². The number of phenols is 1. The molecule has 0 atom stereocenters. The third-order valence-electron chi connectivity index (χ3n) is 8.23.